The molecule has 0 saturated heterocycles. The Hall–Kier alpha value is -2.40. The number of ether oxygens (including phenoxy) is 1. The molecule has 0 bridgehead atoms. The Balaban J connectivity index is 1.66. The zero-order valence-electron chi connectivity index (χ0n) is 18.4. The summed E-state index contributed by atoms with van der Waals surface area (Å²) in [4.78, 5) is 25.8. The molecule has 1 heterocycles. The lowest BCUT2D eigenvalue weighted by atomic mass is 9.73. The predicted octanol–water partition coefficient (Wildman–Crippen LogP) is 5.76. The molecule has 4 rings (SSSR count). The van der Waals surface area contributed by atoms with Crippen molar-refractivity contribution in [3.63, 3.8) is 0 Å². The van der Waals surface area contributed by atoms with Crippen LogP contribution < -0.4 is 10.1 Å². The molecule has 4 nitrogen and oxygen atoms in total. The van der Waals surface area contributed by atoms with Crippen molar-refractivity contribution >= 4 is 27.6 Å². The lowest BCUT2D eigenvalue weighted by Crippen LogP contribution is -2.38. The number of nitrogens with one attached hydrogen (secondary N) is 1. The molecule has 1 amide bonds. The molecule has 2 aromatic carbocycles. The molecular formula is C26H28BrNO3. The van der Waals surface area contributed by atoms with E-state index >= 15 is 0 Å². The van der Waals surface area contributed by atoms with Crippen molar-refractivity contribution in [2.75, 3.05) is 7.11 Å². The highest BCUT2D eigenvalue weighted by molar-refractivity contribution is 9.10. The molecule has 0 radical (unpaired) electrons. The van der Waals surface area contributed by atoms with Crippen LogP contribution in [0.2, 0.25) is 0 Å². The molecular weight excluding hydrogens is 454 g/mol. The summed E-state index contributed by atoms with van der Waals surface area (Å²) >= 11 is 3.53. The van der Waals surface area contributed by atoms with Crippen molar-refractivity contribution < 1.29 is 14.3 Å². The van der Waals surface area contributed by atoms with E-state index in [1.807, 2.05) is 18.2 Å². The third-order valence-corrected chi connectivity index (χ3v) is 6.98. The average Bonchev–Trinajstić information content (AvgIpc) is 2.72. The van der Waals surface area contributed by atoms with Crippen molar-refractivity contribution in [1.29, 1.82) is 0 Å². The van der Waals surface area contributed by atoms with Gasteiger partial charge in [0, 0.05) is 30.0 Å². The number of hydrogen-bond acceptors (Lipinski definition) is 3. The van der Waals surface area contributed by atoms with Gasteiger partial charge < -0.3 is 10.1 Å². The fourth-order valence-corrected chi connectivity index (χ4v) is 5.19. The van der Waals surface area contributed by atoms with Gasteiger partial charge in [-0.05, 0) is 62.5 Å². The van der Waals surface area contributed by atoms with E-state index in [1.54, 1.807) is 7.11 Å². The van der Waals surface area contributed by atoms with Crippen LogP contribution in [-0.2, 0) is 15.0 Å². The SMILES string of the molecule is COc1ccc(C2CC(=O)NC3=C2C(=O)CC(c2ccc(C(C)(C)C)cc2)C3)cc1Br. The Morgan fingerprint density at radius 2 is 1.65 bits per heavy atom. The van der Waals surface area contributed by atoms with E-state index in [0.29, 0.717) is 12.8 Å². The highest BCUT2D eigenvalue weighted by Gasteiger charge is 2.38. The number of hydrogen-bond donors (Lipinski definition) is 1. The molecule has 0 fully saturated rings. The van der Waals surface area contributed by atoms with Gasteiger partial charge in [-0.2, -0.15) is 0 Å². The molecule has 2 atom stereocenters. The fraction of sp³-hybridized carbons (Fsp3) is 0.385. The minimum Gasteiger partial charge on any atom is -0.496 e. The summed E-state index contributed by atoms with van der Waals surface area (Å²) in [5, 5.41) is 3.00. The van der Waals surface area contributed by atoms with E-state index in [-0.39, 0.29) is 35.4 Å². The zero-order valence-corrected chi connectivity index (χ0v) is 20.0. The zero-order chi connectivity index (χ0) is 22.3. The van der Waals surface area contributed by atoms with Crippen LogP contribution in [0.1, 0.15) is 68.6 Å². The smallest absolute Gasteiger partial charge is 0.225 e. The Morgan fingerprint density at radius 1 is 0.968 bits per heavy atom. The molecule has 1 aliphatic carbocycles. The minimum atomic E-state index is -0.220. The molecule has 2 unspecified atom stereocenters. The largest absolute Gasteiger partial charge is 0.496 e. The molecule has 1 N–H and O–H groups in total. The first-order valence-electron chi connectivity index (χ1n) is 10.7. The number of allylic oxidation sites excluding steroid dienone is 2. The van der Waals surface area contributed by atoms with Gasteiger partial charge in [-0.1, -0.05) is 51.1 Å². The van der Waals surface area contributed by atoms with Crippen molar-refractivity contribution in [1.82, 2.24) is 5.32 Å². The molecule has 162 valence electrons. The first-order chi connectivity index (χ1) is 14.7. The maximum Gasteiger partial charge on any atom is 0.225 e. The molecule has 0 aromatic heterocycles. The van der Waals surface area contributed by atoms with Crippen molar-refractivity contribution in [2.45, 2.75) is 57.3 Å². The standard InChI is InChI=1S/C26H28BrNO3/c1-26(2,3)18-8-5-15(6-9-18)17-12-21-25(22(29)13-17)19(14-24(30)28-21)16-7-10-23(31-4)20(27)11-16/h5-11,17,19H,12-14H2,1-4H3,(H,28,30). The Bertz CT molecular complexity index is 1060. The van der Waals surface area contributed by atoms with Crippen LogP contribution in [0, 0.1) is 0 Å². The van der Waals surface area contributed by atoms with Gasteiger partial charge in [0.1, 0.15) is 5.75 Å². The summed E-state index contributed by atoms with van der Waals surface area (Å²) in [5.74, 6) is 0.687. The Kier molecular flexibility index (Phi) is 5.82. The normalized spacial score (nSPS) is 21.6. The van der Waals surface area contributed by atoms with Gasteiger partial charge in [-0.25, -0.2) is 0 Å². The summed E-state index contributed by atoms with van der Waals surface area (Å²) in [7, 11) is 1.62. The molecule has 5 heteroatoms. The van der Waals surface area contributed by atoms with Crippen LogP contribution in [0.3, 0.4) is 0 Å². The van der Waals surface area contributed by atoms with Gasteiger partial charge in [-0.15, -0.1) is 0 Å². The highest BCUT2D eigenvalue weighted by atomic mass is 79.9. The predicted molar refractivity (Wildman–Crippen MR) is 125 cm³/mol. The lowest BCUT2D eigenvalue weighted by molar-refractivity contribution is -0.122. The van der Waals surface area contributed by atoms with Gasteiger partial charge >= 0.3 is 0 Å². The van der Waals surface area contributed by atoms with Crippen molar-refractivity contribution in [3.05, 3.63) is 74.9 Å². The summed E-state index contributed by atoms with van der Waals surface area (Å²) in [6.07, 6.45) is 1.43. The number of ketones is 1. The third-order valence-electron chi connectivity index (χ3n) is 6.36. The molecule has 2 aliphatic rings. The lowest BCUT2D eigenvalue weighted by Gasteiger charge is -2.34. The van der Waals surface area contributed by atoms with Crippen LogP contribution in [0.25, 0.3) is 0 Å². The van der Waals surface area contributed by atoms with E-state index < -0.39 is 0 Å². The maximum atomic E-state index is 13.3. The fourth-order valence-electron chi connectivity index (χ4n) is 4.64. The van der Waals surface area contributed by atoms with Gasteiger partial charge in [0.2, 0.25) is 5.91 Å². The number of rotatable bonds is 3. The van der Waals surface area contributed by atoms with E-state index in [9.17, 15) is 9.59 Å². The number of carbonyl (C=O) groups is 2. The summed E-state index contributed by atoms with van der Waals surface area (Å²) < 4.78 is 6.14. The van der Waals surface area contributed by atoms with Crippen LogP contribution in [-0.4, -0.2) is 18.8 Å². The summed E-state index contributed by atoms with van der Waals surface area (Å²) in [6.45, 7) is 6.58. The van der Waals surface area contributed by atoms with Crippen molar-refractivity contribution in [3.8, 4) is 5.75 Å². The second kappa shape index (κ2) is 8.27. The maximum absolute atomic E-state index is 13.3. The van der Waals surface area contributed by atoms with E-state index in [0.717, 1.165) is 32.6 Å². The van der Waals surface area contributed by atoms with Crippen molar-refractivity contribution in [2.24, 2.45) is 0 Å². The summed E-state index contributed by atoms with van der Waals surface area (Å²) in [6, 6.07) is 14.3. The van der Waals surface area contributed by atoms with E-state index in [2.05, 4.69) is 66.3 Å². The number of methoxy groups -OCH3 is 1. The minimum absolute atomic E-state index is 0.0350. The van der Waals surface area contributed by atoms with Crippen LogP contribution >= 0.6 is 15.9 Å². The quantitative estimate of drug-likeness (QED) is 0.606. The van der Waals surface area contributed by atoms with Gasteiger partial charge in [0.25, 0.3) is 0 Å². The molecule has 0 saturated carbocycles. The van der Waals surface area contributed by atoms with Crippen LogP contribution in [0.15, 0.2) is 58.2 Å². The number of carbonyl (C=O) groups excluding carboxylic acids is 2. The van der Waals surface area contributed by atoms with E-state index in [4.69, 9.17) is 4.74 Å². The first kappa shape index (κ1) is 21.8. The van der Waals surface area contributed by atoms with Gasteiger partial charge in [0.15, 0.2) is 5.78 Å². The molecule has 0 spiro atoms. The van der Waals surface area contributed by atoms with Gasteiger partial charge in [-0.3, -0.25) is 9.59 Å². The van der Waals surface area contributed by atoms with Gasteiger partial charge in [0.05, 0.1) is 11.6 Å². The Labute approximate surface area is 192 Å². The second-order valence-corrected chi connectivity index (χ2v) is 10.3. The molecule has 31 heavy (non-hydrogen) atoms. The summed E-state index contributed by atoms with van der Waals surface area (Å²) in [5.41, 5.74) is 5.02. The highest BCUT2D eigenvalue weighted by Crippen LogP contribution is 2.43. The monoisotopic (exact) mass is 481 g/mol. The molecule has 1 aliphatic heterocycles. The number of halogens is 1. The molecule has 2 aromatic rings. The average molecular weight is 482 g/mol. The first-order valence-corrected chi connectivity index (χ1v) is 11.5. The number of benzene rings is 2. The topological polar surface area (TPSA) is 55.4 Å². The third kappa shape index (κ3) is 4.33. The number of Topliss-reactive ketones (excluding diaryl/α,β-unsaturated/α-hetero) is 1. The number of amides is 1. The van der Waals surface area contributed by atoms with Crippen LogP contribution in [0.5, 0.6) is 5.75 Å². The Morgan fingerprint density at radius 3 is 2.26 bits per heavy atom. The second-order valence-electron chi connectivity index (χ2n) is 9.49. The van der Waals surface area contributed by atoms with E-state index in [1.165, 1.54) is 5.56 Å². The van der Waals surface area contributed by atoms with Crippen LogP contribution in [0.4, 0.5) is 0 Å².